The lowest BCUT2D eigenvalue weighted by atomic mass is 9.85. The van der Waals surface area contributed by atoms with Crippen molar-refractivity contribution in [3.05, 3.63) is 77.2 Å². The molecule has 6 rings (SSSR count). The molecule has 3 heteroatoms. The smallest absolute Gasteiger partial charge is 0.212 e. The minimum Gasteiger partial charge on any atom is -0.296 e. The highest BCUT2D eigenvalue weighted by molar-refractivity contribution is 5.81. The van der Waals surface area contributed by atoms with Crippen LogP contribution in [0.15, 0.2) is 54.7 Å². The maximum absolute atomic E-state index is 4.89. The normalized spacial score (nSPS) is 15.9. The van der Waals surface area contributed by atoms with E-state index in [1.165, 1.54) is 77.7 Å². The minimum atomic E-state index is 0.857. The zero-order valence-corrected chi connectivity index (χ0v) is 18.6. The number of hydrogen-bond donors (Lipinski definition) is 0. The third-order valence-corrected chi connectivity index (χ3v) is 7.38. The van der Waals surface area contributed by atoms with Crippen LogP contribution in [0.4, 0.5) is 0 Å². The summed E-state index contributed by atoms with van der Waals surface area (Å²) >= 11 is 0. The van der Waals surface area contributed by atoms with Gasteiger partial charge in [-0.2, -0.15) is 0 Å². The number of benzene rings is 2. The molecule has 1 aliphatic carbocycles. The number of pyridine rings is 1. The molecule has 0 bridgehead atoms. The van der Waals surface area contributed by atoms with Crippen molar-refractivity contribution in [3.8, 4) is 16.9 Å². The van der Waals surface area contributed by atoms with E-state index < -0.39 is 0 Å². The fourth-order valence-electron chi connectivity index (χ4n) is 5.75. The van der Waals surface area contributed by atoms with Gasteiger partial charge >= 0.3 is 0 Å². The van der Waals surface area contributed by atoms with Crippen LogP contribution in [0.3, 0.4) is 0 Å². The second kappa shape index (κ2) is 7.33. The second-order valence-electron chi connectivity index (χ2n) is 9.56. The predicted molar refractivity (Wildman–Crippen MR) is 126 cm³/mol. The minimum absolute atomic E-state index is 0.857. The lowest BCUT2D eigenvalue weighted by Crippen LogP contribution is -2.31. The van der Waals surface area contributed by atoms with Crippen molar-refractivity contribution in [1.29, 1.82) is 0 Å². The van der Waals surface area contributed by atoms with Crippen LogP contribution in [0.25, 0.3) is 28.0 Å². The number of rotatable bonds is 3. The molecule has 3 nitrogen and oxygen atoms in total. The topological polar surface area (TPSA) is 21.7 Å². The molecule has 2 aliphatic rings. The van der Waals surface area contributed by atoms with E-state index in [2.05, 4.69) is 77.8 Å². The molecule has 1 fully saturated rings. The Morgan fingerprint density at radius 1 is 1.03 bits per heavy atom. The molecule has 156 valence electrons. The number of aromatic nitrogens is 3. The maximum atomic E-state index is 4.89. The lowest BCUT2D eigenvalue weighted by molar-refractivity contribution is -0.660. The van der Waals surface area contributed by atoms with Crippen molar-refractivity contribution in [1.82, 2.24) is 9.55 Å². The van der Waals surface area contributed by atoms with Crippen LogP contribution in [0.5, 0.6) is 0 Å². The summed E-state index contributed by atoms with van der Waals surface area (Å²) in [7, 11) is 2.17. The lowest BCUT2D eigenvalue weighted by Gasteiger charge is -2.21. The molecule has 0 amide bonds. The summed E-state index contributed by atoms with van der Waals surface area (Å²) in [6, 6.07) is 18.0. The Kier molecular flexibility index (Phi) is 4.45. The van der Waals surface area contributed by atoms with Gasteiger partial charge in [0.05, 0.1) is 22.3 Å². The Morgan fingerprint density at radius 2 is 1.87 bits per heavy atom. The molecule has 2 aromatic carbocycles. The first-order valence-corrected chi connectivity index (χ1v) is 11.8. The summed E-state index contributed by atoms with van der Waals surface area (Å²) in [4.78, 5) is 4.89. The van der Waals surface area contributed by atoms with Crippen LogP contribution in [0.1, 0.15) is 54.6 Å². The van der Waals surface area contributed by atoms with Crippen LogP contribution < -0.4 is 4.57 Å². The van der Waals surface area contributed by atoms with Crippen molar-refractivity contribution < 1.29 is 4.57 Å². The van der Waals surface area contributed by atoms with Gasteiger partial charge in [-0.25, -0.2) is 9.55 Å². The molecule has 0 N–H and O–H groups in total. The highest BCUT2D eigenvalue weighted by Crippen LogP contribution is 2.36. The molecule has 3 heterocycles. The number of hydrogen-bond acceptors (Lipinski definition) is 1. The van der Waals surface area contributed by atoms with Gasteiger partial charge in [-0.05, 0) is 54.2 Å². The van der Waals surface area contributed by atoms with E-state index in [0.29, 0.717) is 0 Å². The van der Waals surface area contributed by atoms with Gasteiger partial charge in [0.1, 0.15) is 12.9 Å². The average molecular weight is 409 g/mol. The number of para-hydroxylation sites is 2. The largest absolute Gasteiger partial charge is 0.296 e. The fourth-order valence-corrected chi connectivity index (χ4v) is 5.75. The summed E-state index contributed by atoms with van der Waals surface area (Å²) in [6.45, 7) is 2.25. The molecule has 2 aromatic heterocycles. The fraction of sp³-hybridized carbons (Fsp3) is 0.357. The zero-order chi connectivity index (χ0) is 20.9. The van der Waals surface area contributed by atoms with Gasteiger partial charge in [-0.1, -0.05) is 50.3 Å². The molecule has 0 saturated heterocycles. The van der Waals surface area contributed by atoms with Crippen LogP contribution >= 0.6 is 0 Å². The summed E-state index contributed by atoms with van der Waals surface area (Å²) in [6.07, 6.45) is 11.4. The van der Waals surface area contributed by atoms with Gasteiger partial charge in [0, 0.05) is 18.6 Å². The molecular weight excluding hydrogens is 378 g/mol. The molecule has 0 radical (unpaired) electrons. The molecule has 1 aliphatic heterocycles. The number of aryl methyl sites for hydroxylation is 2. The maximum Gasteiger partial charge on any atom is 0.212 e. The summed E-state index contributed by atoms with van der Waals surface area (Å²) in [5.74, 6) is 2.01. The molecule has 0 spiro atoms. The van der Waals surface area contributed by atoms with E-state index in [9.17, 15) is 0 Å². The number of fused-ring (bicyclic) bond motifs is 5. The van der Waals surface area contributed by atoms with Gasteiger partial charge in [-0.3, -0.25) is 4.57 Å². The van der Waals surface area contributed by atoms with Crippen LogP contribution in [-0.2, 0) is 19.9 Å². The molecule has 0 atom stereocenters. The van der Waals surface area contributed by atoms with Gasteiger partial charge in [0.25, 0.3) is 0 Å². The SMILES string of the molecule is Cc1cc2c(cc1-c1cc(CC3CCCCC3)cc[n+]1C)-n1c(nc3ccccc31)C2. The Hall–Kier alpha value is -2.94. The van der Waals surface area contributed by atoms with E-state index in [0.717, 1.165) is 23.7 Å². The Labute approximate surface area is 184 Å². The summed E-state index contributed by atoms with van der Waals surface area (Å²) < 4.78 is 4.64. The van der Waals surface area contributed by atoms with Gasteiger partial charge in [-0.15, -0.1) is 0 Å². The third-order valence-electron chi connectivity index (χ3n) is 7.38. The quantitative estimate of drug-likeness (QED) is 0.343. The van der Waals surface area contributed by atoms with Crippen molar-refractivity contribution in [2.45, 2.75) is 51.9 Å². The Bertz CT molecular complexity index is 1290. The monoisotopic (exact) mass is 408 g/mol. The highest BCUT2D eigenvalue weighted by atomic mass is 15.1. The first-order chi connectivity index (χ1) is 15.2. The number of nitrogens with zero attached hydrogens (tertiary/aromatic N) is 3. The molecule has 0 unspecified atom stereocenters. The molecule has 31 heavy (non-hydrogen) atoms. The highest BCUT2D eigenvalue weighted by Gasteiger charge is 2.26. The van der Waals surface area contributed by atoms with Crippen molar-refractivity contribution in [2.24, 2.45) is 13.0 Å². The van der Waals surface area contributed by atoms with E-state index >= 15 is 0 Å². The van der Waals surface area contributed by atoms with E-state index in [1.807, 2.05) is 0 Å². The third kappa shape index (κ3) is 3.18. The summed E-state index contributed by atoms with van der Waals surface area (Å²) in [5, 5.41) is 0. The molecule has 4 aromatic rings. The van der Waals surface area contributed by atoms with Crippen LogP contribution in [0, 0.1) is 12.8 Å². The molecule has 1 saturated carbocycles. The Balaban J connectivity index is 1.43. The number of imidazole rings is 1. The van der Waals surface area contributed by atoms with Gasteiger partial charge < -0.3 is 0 Å². The predicted octanol–water partition coefficient (Wildman–Crippen LogP) is 5.85. The van der Waals surface area contributed by atoms with Crippen molar-refractivity contribution in [3.63, 3.8) is 0 Å². The molecular formula is C28H30N3+. The van der Waals surface area contributed by atoms with E-state index in [4.69, 9.17) is 4.98 Å². The van der Waals surface area contributed by atoms with Crippen LogP contribution in [-0.4, -0.2) is 9.55 Å². The zero-order valence-electron chi connectivity index (χ0n) is 18.6. The van der Waals surface area contributed by atoms with Crippen molar-refractivity contribution in [2.75, 3.05) is 0 Å². The van der Waals surface area contributed by atoms with E-state index in [1.54, 1.807) is 0 Å². The van der Waals surface area contributed by atoms with E-state index in [-0.39, 0.29) is 0 Å². The standard InChI is InChI=1S/C28H30N3/c1-19-14-22-17-28-29-24-10-6-7-11-25(24)31(28)26(22)18-23(19)27-16-21(12-13-30(27)2)15-20-8-4-3-5-9-20/h6-7,10-14,16,18,20H,3-5,8-9,15,17H2,1-2H3/q+1. The first-order valence-electron chi connectivity index (χ1n) is 11.8. The second-order valence-corrected chi connectivity index (χ2v) is 9.56. The summed E-state index contributed by atoms with van der Waals surface area (Å²) in [5.41, 5.74) is 10.4. The first kappa shape index (κ1) is 18.8. The average Bonchev–Trinajstić information content (AvgIpc) is 3.30. The van der Waals surface area contributed by atoms with Crippen LogP contribution in [0.2, 0.25) is 0 Å². The van der Waals surface area contributed by atoms with Gasteiger partial charge in [0.15, 0.2) is 6.20 Å². The van der Waals surface area contributed by atoms with Gasteiger partial charge in [0.2, 0.25) is 5.69 Å². The van der Waals surface area contributed by atoms with Crippen molar-refractivity contribution >= 4 is 11.0 Å². The Morgan fingerprint density at radius 3 is 2.74 bits per heavy atom.